The smallest absolute Gasteiger partial charge is 0.270 e. The number of pyridine rings is 1. The molecule has 0 aliphatic heterocycles. The second-order valence-corrected chi connectivity index (χ2v) is 8.97. The number of nitriles is 1. The van der Waals surface area contributed by atoms with Crippen molar-refractivity contribution >= 4 is 29.3 Å². The largest absolute Gasteiger partial charge is 0.272 e. The number of aryl methyl sites for hydroxylation is 1. The van der Waals surface area contributed by atoms with Crippen molar-refractivity contribution in [3.63, 3.8) is 0 Å². The van der Waals surface area contributed by atoms with Gasteiger partial charge in [-0.3, -0.25) is 30.6 Å². The van der Waals surface area contributed by atoms with Gasteiger partial charge in [-0.05, 0) is 48.4 Å². The van der Waals surface area contributed by atoms with Crippen molar-refractivity contribution in [3.05, 3.63) is 98.7 Å². The van der Waals surface area contributed by atoms with Crippen LogP contribution in [0.1, 0.15) is 45.1 Å². The standard InChI is InChI=1S/C25H21N5O4S/c26-14-20-12-19-11-17(16-5-2-1-3-6-16)9-10-22(19)27-25(20)35-15-23(31)28-29-24(32)18-7-4-8-21(13-18)30(33)34/h1-8,12-13,17H,9-11,15H2,(H,28,31)(H,29,32). The third-order valence-corrected chi connectivity index (χ3v) is 6.71. The van der Waals surface area contributed by atoms with Crippen LogP contribution in [0.25, 0.3) is 0 Å². The first-order valence-electron chi connectivity index (χ1n) is 10.9. The number of rotatable bonds is 6. The molecule has 1 aromatic heterocycles. The number of benzene rings is 2. The van der Waals surface area contributed by atoms with Crippen LogP contribution in [-0.4, -0.2) is 27.5 Å². The Bertz CT molecular complexity index is 1320. The van der Waals surface area contributed by atoms with E-state index in [0.29, 0.717) is 16.5 Å². The first-order chi connectivity index (χ1) is 16.9. The number of amides is 2. The highest BCUT2D eigenvalue weighted by Gasteiger charge is 2.23. The molecule has 1 heterocycles. The molecule has 0 bridgehead atoms. The lowest BCUT2D eigenvalue weighted by Crippen LogP contribution is -2.42. The second kappa shape index (κ2) is 10.8. The number of hydrogen-bond acceptors (Lipinski definition) is 7. The molecular formula is C25H21N5O4S. The van der Waals surface area contributed by atoms with Crippen LogP contribution >= 0.6 is 11.8 Å². The van der Waals surface area contributed by atoms with E-state index in [-0.39, 0.29) is 17.0 Å². The Morgan fingerprint density at radius 1 is 1.14 bits per heavy atom. The molecule has 1 atom stereocenters. The average molecular weight is 488 g/mol. The average Bonchev–Trinajstić information content (AvgIpc) is 2.90. The van der Waals surface area contributed by atoms with Gasteiger partial charge in [0.2, 0.25) is 5.91 Å². The zero-order chi connectivity index (χ0) is 24.8. The molecule has 1 aliphatic rings. The third-order valence-electron chi connectivity index (χ3n) is 5.72. The van der Waals surface area contributed by atoms with Crippen molar-refractivity contribution in [2.24, 2.45) is 0 Å². The summed E-state index contributed by atoms with van der Waals surface area (Å²) in [4.78, 5) is 39.3. The van der Waals surface area contributed by atoms with Gasteiger partial charge in [0.15, 0.2) is 0 Å². The molecule has 0 saturated carbocycles. The Hall–Kier alpha value is -4.23. The number of aromatic nitrogens is 1. The number of carbonyl (C=O) groups excluding carboxylic acids is 2. The van der Waals surface area contributed by atoms with E-state index in [1.165, 1.54) is 23.8 Å². The molecule has 1 unspecified atom stereocenters. The Balaban J connectivity index is 1.35. The monoisotopic (exact) mass is 487 g/mol. The van der Waals surface area contributed by atoms with Crippen LogP contribution in [0.2, 0.25) is 0 Å². The zero-order valence-electron chi connectivity index (χ0n) is 18.6. The molecular weight excluding hydrogens is 466 g/mol. The number of non-ortho nitro benzene ring substituents is 1. The summed E-state index contributed by atoms with van der Waals surface area (Å²) in [5, 5.41) is 21.0. The number of fused-ring (bicyclic) bond motifs is 1. The van der Waals surface area contributed by atoms with Gasteiger partial charge in [0.05, 0.1) is 16.2 Å². The van der Waals surface area contributed by atoms with E-state index in [4.69, 9.17) is 0 Å². The number of hydrazine groups is 1. The van der Waals surface area contributed by atoms with E-state index in [2.05, 4.69) is 34.0 Å². The molecule has 35 heavy (non-hydrogen) atoms. The van der Waals surface area contributed by atoms with Crippen LogP contribution in [0.5, 0.6) is 0 Å². The first-order valence-corrected chi connectivity index (χ1v) is 11.9. The minimum atomic E-state index is -0.676. The van der Waals surface area contributed by atoms with Crippen LogP contribution in [-0.2, 0) is 17.6 Å². The summed E-state index contributed by atoms with van der Waals surface area (Å²) in [5.41, 5.74) is 8.03. The highest BCUT2D eigenvalue weighted by Crippen LogP contribution is 2.34. The van der Waals surface area contributed by atoms with E-state index in [1.54, 1.807) is 0 Å². The van der Waals surface area contributed by atoms with Gasteiger partial charge in [0.1, 0.15) is 11.1 Å². The van der Waals surface area contributed by atoms with E-state index in [1.807, 2.05) is 24.3 Å². The van der Waals surface area contributed by atoms with E-state index in [0.717, 1.165) is 48.3 Å². The van der Waals surface area contributed by atoms with Crippen molar-refractivity contribution in [2.45, 2.75) is 30.2 Å². The number of nitro benzene ring substituents is 1. The fourth-order valence-corrected chi connectivity index (χ4v) is 4.75. The fraction of sp³-hybridized carbons (Fsp3) is 0.200. The molecule has 0 fully saturated rings. The van der Waals surface area contributed by atoms with Crippen molar-refractivity contribution in [1.29, 1.82) is 5.26 Å². The second-order valence-electron chi connectivity index (χ2n) is 8.01. The molecule has 9 nitrogen and oxygen atoms in total. The summed E-state index contributed by atoms with van der Waals surface area (Å²) in [6.07, 6.45) is 2.57. The lowest BCUT2D eigenvalue weighted by atomic mass is 9.82. The summed E-state index contributed by atoms with van der Waals surface area (Å²) in [5.74, 6) is -0.857. The van der Waals surface area contributed by atoms with Gasteiger partial charge in [-0.2, -0.15) is 5.26 Å². The van der Waals surface area contributed by atoms with Gasteiger partial charge in [-0.1, -0.05) is 48.2 Å². The Morgan fingerprint density at radius 3 is 2.69 bits per heavy atom. The van der Waals surface area contributed by atoms with Gasteiger partial charge >= 0.3 is 0 Å². The molecule has 0 radical (unpaired) electrons. The predicted octanol–water partition coefficient (Wildman–Crippen LogP) is 3.69. The van der Waals surface area contributed by atoms with Gasteiger partial charge in [0, 0.05) is 23.4 Å². The summed E-state index contributed by atoms with van der Waals surface area (Å²) in [6, 6.07) is 19.5. The molecule has 2 amide bonds. The minimum Gasteiger partial charge on any atom is -0.272 e. The van der Waals surface area contributed by atoms with Crippen molar-refractivity contribution in [2.75, 3.05) is 5.75 Å². The molecule has 2 aromatic carbocycles. The Morgan fingerprint density at radius 2 is 1.94 bits per heavy atom. The molecule has 2 N–H and O–H groups in total. The maximum atomic E-state index is 12.2. The lowest BCUT2D eigenvalue weighted by molar-refractivity contribution is -0.384. The van der Waals surface area contributed by atoms with E-state index < -0.39 is 16.7 Å². The van der Waals surface area contributed by atoms with Gasteiger partial charge < -0.3 is 0 Å². The zero-order valence-corrected chi connectivity index (χ0v) is 19.4. The van der Waals surface area contributed by atoms with Gasteiger partial charge in [0.25, 0.3) is 11.6 Å². The molecule has 1 aliphatic carbocycles. The Labute approximate surface area is 205 Å². The van der Waals surface area contributed by atoms with Crippen LogP contribution in [0.3, 0.4) is 0 Å². The Kier molecular flexibility index (Phi) is 7.38. The molecule has 3 aromatic rings. The number of hydrogen-bond donors (Lipinski definition) is 2. The van der Waals surface area contributed by atoms with Gasteiger partial charge in [-0.25, -0.2) is 4.98 Å². The van der Waals surface area contributed by atoms with Crippen LogP contribution < -0.4 is 10.9 Å². The third kappa shape index (κ3) is 5.83. The minimum absolute atomic E-state index is 0.0454. The number of nitrogens with one attached hydrogen (secondary N) is 2. The van der Waals surface area contributed by atoms with Crippen molar-refractivity contribution < 1.29 is 14.5 Å². The van der Waals surface area contributed by atoms with Crippen molar-refractivity contribution in [3.8, 4) is 6.07 Å². The van der Waals surface area contributed by atoms with Crippen LogP contribution in [0.15, 0.2) is 65.7 Å². The number of thioether (sulfide) groups is 1. The quantitative estimate of drug-likeness (QED) is 0.307. The van der Waals surface area contributed by atoms with Crippen LogP contribution in [0, 0.1) is 21.4 Å². The molecule has 10 heteroatoms. The normalized spacial score (nSPS) is 14.3. The molecule has 0 spiro atoms. The maximum Gasteiger partial charge on any atom is 0.270 e. The summed E-state index contributed by atoms with van der Waals surface area (Å²) < 4.78 is 0. The van der Waals surface area contributed by atoms with E-state index >= 15 is 0 Å². The predicted molar refractivity (Wildman–Crippen MR) is 130 cm³/mol. The number of carbonyl (C=O) groups is 2. The summed E-state index contributed by atoms with van der Waals surface area (Å²) in [7, 11) is 0. The highest BCUT2D eigenvalue weighted by atomic mass is 32.2. The van der Waals surface area contributed by atoms with Crippen LogP contribution in [0.4, 0.5) is 5.69 Å². The lowest BCUT2D eigenvalue weighted by Gasteiger charge is -2.25. The van der Waals surface area contributed by atoms with Crippen molar-refractivity contribution in [1.82, 2.24) is 15.8 Å². The van der Waals surface area contributed by atoms with E-state index in [9.17, 15) is 25.0 Å². The summed E-state index contributed by atoms with van der Waals surface area (Å²) >= 11 is 1.12. The number of nitrogens with zero attached hydrogens (tertiary/aromatic N) is 3. The molecule has 176 valence electrons. The highest BCUT2D eigenvalue weighted by molar-refractivity contribution is 8.00. The summed E-state index contributed by atoms with van der Waals surface area (Å²) in [6.45, 7) is 0. The number of nitro groups is 1. The fourth-order valence-electron chi connectivity index (χ4n) is 3.97. The maximum absolute atomic E-state index is 12.2. The topological polar surface area (TPSA) is 138 Å². The first kappa shape index (κ1) is 23.9. The van der Waals surface area contributed by atoms with Gasteiger partial charge in [-0.15, -0.1) is 0 Å². The molecule has 0 saturated heterocycles. The molecule has 4 rings (SSSR count). The SMILES string of the molecule is N#Cc1cc2c(nc1SCC(=O)NNC(=O)c1cccc([N+](=O)[O-])c1)CCC(c1ccccc1)C2.